The molecule has 7 nitrogen and oxygen atoms in total. The van der Waals surface area contributed by atoms with E-state index in [9.17, 15) is 10.0 Å². The zero-order chi connectivity index (χ0) is 12.7. The Hall–Kier alpha value is -2.44. The van der Waals surface area contributed by atoms with E-state index in [0.717, 1.165) is 4.73 Å². The third kappa shape index (κ3) is 1.61. The Morgan fingerprint density at radius 3 is 2.65 bits per heavy atom. The molecule has 2 aliphatic heterocycles. The van der Waals surface area contributed by atoms with Crippen LogP contribution in [0.4, 0.5) is 5.95 Å². The topological polar surface area (TPSA) is 107 Å². The minimum absolute atomic E-state index is 0.00926. The van der Waals surface area contributed by atoms with E-state index in [0.29, 0.717) is 17.0 Å². The largest absolute Gasteiger partial charge is 0.427 e. The van der Waals surface area contributed by atoms with Gasteiger partial charge < -0.3 is 10.9 Å². The second-order valence-corrected chi connectivity index (χ2v) is 3.70. The van der Waals surface area contributed by atoms with Crippen molar-refractivity contribution >= 4 is 11.5 Å². The monoisotopic (exact) mass is 233 g/mol. The van der Waals surface area contributed by atoms with Crippen LogP contribution in [0.3, 0.4) is 0 Å². The van der Waals surface area contributed by atoms with Crippen molar-refractivity contribution in [3.05, 3.63) is 28.3 Å². The minimum Gasteiger partial charge on any atom is -0.427 e. The molecule has 0 saturated carbocycles. The molecule has 0 aromatic carbocycles. The van der Waals surface area contributed by atoms with Crippen molar-refractivity contribution < 1.29 is 5.21 Å². The Morgan fingerprint density at radius 1 is 1.41 bits per heavy atom. The van der Waals surface area contributed by atoms with E-state index >= 15 is 0 Å². The van der Waals surface area contributed by atoms with Crippen LogP contribution < -0.4 is 11.3 Å². The van der Waals surface area contributed by atoms with Gasteiger partial charge in [-0.1, -0.05) is 6.58 Å². The molecule has 0 aliphatic carbocycles. The first kappa shape index (κ1) is 11.1. The van der Waals surface area contributed by atoms with Crippen molar-refractivity contribution in [1.82, 2.24) is 19.7 Å². The molecule has 2 heterocycles. The van der Waals surface area contributed by atoms with Crippen LogP contribution in [0.2, 0.25) is 0 Å². The zero-order valence-corrected chi connectivity index (χ0v) is 9.43. The van der Waals surface area contributed by atoms with Crippen LogP contribution in [-0.4, -0.2) is 24.9 Å². The van der Waals surface area contributed by atoms with Crippen molar-refractivity contribution in [1.29, 1.82) is 0 Å². The van der Waals surface area contributed by atoms with Gasteiger partial charge in [-0.3, -0.25) is 4.79 Å². The number of hydrogen-bond donors (Lipinski definition) is 2. The van der Waals surface area contributed by atoms with E-state index < -0.39 is 5.56 Å². The van der Waals surface area contributed by atoms with Gasteiger partial charge in [0.25, 0.3) is 0 Å². The summed E-state index contributed by atoms with van der Waals surface area (Å²) in [6, 6.07) is 0. The third-order valence-corrected chi connectivity index (χ3v) is 2.34. The molecule has 3 N–H and O–H groups in total. The van der Waals surface area contributed by atoms with Gasteiger partial charge in [-0.2, -0.15) is 14.7 Å². The van der Waals surface area contributed by atoms with Crippen LogP contribution in [0.15, 0.2) is 11.4 Å². The molecular weight excluding hydrogens is 222 g/mol. The molecule has 2 rings (SSSR count). The lowest BCUT2D eigenvalue weighted by Crippen LogP contribution is -2.22. The lowest BCUT2D eigenvalue weighted by atomic mass is 10.2. The SMILES string of the molecule is C=C(C)c1nc2c(=O)nc(N)nc-2n(O)c1C. The molecule has 88 valence electrons. The molecule has 17 heavy (non-hydrogen) atoms. The highest BCUT2D eigenvalue weighted by Gasteiger charge is 2.20. The average Bonchev–Trinajstić information content (AvgIpc) is 2.23. The number of fused-ring (bicyclic) bond motifs is 1. The number of nitrogens with zero attached hydrogens (tertiary/aromatic N) is 4. The molecule has 2 aliphatic rings. The highest BCUT2D eigenvalue weighted by molar-refractivity contribution is 5.64. The lowest BCUT2D eigenvalue weighted by Gasteiger charge is -2.14. The second kappa shape index (κ2) is 3.55. The average molecular weight is 233 g/mol. The summed E-state index contributed by atoms with van der Waals surface area (Å²) in [5.41, 5.74) is 6.18. The fourth-order valence-corrected chi connectivity index (χ4v) is 1.54. The molecule has 0 unspecified atom stereocenters. The standard InChI is InChI=1S/C10H11N5O2/c1-4(2)6-5(3)15(17)8-7(12-6)9(16)14-10(11)13-8/h17H,1H2,2-3H3,(H2,11,14,16). The van der Waals surface area contributed by atoms with Gasteiger partial charge >= 0.3 is 5.56 Å². The van der Waals surface area contributed by atoms with E-state index in [4.69, 9.17) is 5.73 Å². The molecule has 0 atom stereocenters. The summed E-state index contributed by atoms with van der Waals surface area (Å²) in [5.74, 6) is -0.209. The van der Waals surface area contributed by atoms with E-state index in [-0.39, 0.29) is 17.5 Å². The molecule has 7 heteroatoms. The van der Waals surface area contributed by atoms with Crippen molar-refractivity contribution in [3.63, 3.8) is 0 Å². The van der Waals surface area contributed by atoms with E-state index in [1.807, 2.05) is 0 Å². The van der Waals surface area contributed by atoms with Crippen molar-refractivity contribution in [2.75, 3.05) is 5.73 Å². The zero-order valence-electron chi connectivity index (χ0n) is 9.43. The minimum atomic E-state index is -0.627. The summed E-state index contributed by atoms with van der Waals surface area (Å²) in [7, 11) is 0. The number of rotatable bonds is 1. The molecule has 0 aromatic rings. The Bertz CT molecular complexity index is 646. The third-order valence-electron chi connectivity index (χ3n) is 2.34. The van der Waals surface area contributed by atoms with Gasteiger partial charge in [0, 0.05) is 0 Å². The summed E-state index contributed by atoms with van der Waals surface area (Å²) in [6.07, 6.45) is 0. The van der Waals surface area contributed by atoms with Crippen LogP contribution in [0.5, 0.6) is 0 Å². The molecular formula is C10H11N5O2. The maximum Gasteiger partial charge on any atom is 0.302 e. The number of allylic oxidation sites excluding steroid dienone is 1. The molecule has 0 amide bonds. The van der Waals surface area contributed by atoms with E-state index in [2.05, 4.69) is 21.5 Å². The number of aromatic nitrogens is 4. The smallest absolute Gasteiger partial charge is 0.302 e. The summed E-state index contributed by atoms with van der Waals surface area (Å²) in [4.78, 5) is 22.9. The summed E-state index contributed by atoms with van der Waals surface area (Å²) < 4.78 is 0.770. The normalized spacial score (nSPS) is 10.7. The van der Waals surface area contributed by atoms with Gasteiger partial charge in [-0.15, -0.1) is 0 Å². The van der Waals surface area contributed by atoms with Gasteiger partial charge in [0.1, 0.15) is 0 Å². The predicted molar refractivity (Wildman–Crippen MR) is 61.8 cm³/mol. The fourth-order valence-electron chi connectivity index (χ4n) is 1.54. The Morgan fingerprint density at radius 2 is 2.06 bits per heavy atom. The molecule has 0 saturated heterocycles. The number of anilines is 1. The van der Waals surface area contributed by atoms with Crippen molar-refractivity contribution in [2.24, 2.45) is 0 Å². The Labute approximate surface area is 96.6 Å². The summed E-state index contributed by atoms with van der Waals surface area (Å²) >= 11 is 0. The van der Waals surface area contributed by atoms with Gasteiger partial charge in [0.15, 0.2) is 5.69 Å². The van der Waals surface area contributed by atoms with Gasteiger partial charge in [-0.05, 0) is 19.4 Å². The van der Waals surface area contributed by atoms with Gasteiger partial charge in [0.05, 0.1) is 11.4 Å². The number of nitrogen functional groups attached to an aromatic ring is 1. The van der Waals surface area contributed by atoms with Crippen LogP contribution in [0.25, 0.3) is 17.1 Å². The Balaban J connectivity index is 2.96. The molecule has 0 radical (unpaired) electrons. The number of nitrogens with two attached hydrogens (primary N) is 1. The van der Waals surface area contributed by atoms with Crippen LogP contribution in [0.1, 0.15) is 18.3 Å². The highest BCUT2D eigenvalue weighted by atomic mass is 16.5. The van der Waals surface area contributed by atoms with Crippen LogP contribution in [0, 0.1) is 6.92 Å². The highest BCUT2D eigenvalue weighted by Crippen LogP contribution is 2.20. The lowest BCUT2D eigenvalue weighted by molar-refractivity contribution is 0.178. The fraction of sp³-hybridized carbons (Fsp3) is 0.200. The van der Waals surface area contributed by atoms with E-state index in [1.54, 1.807) is 13.8 Å². The molecule has 0 aromatic heterocycles. The van der Waals surface area contributed by atoms with Crippen molar-refractivity contribution in [3.8, 4) is 11.5 Å². The van der Waals surface area contributed by atoms with E-state index in [1.165, 1.54) is 0 Å². The van der Waals surface area contributed by atoms with Crippen molar-refractivity contribution in [2.45, 2.75) is 13.8 Å². The summed E-state index contributed by atoms with van der Waals surface area (Å²) in [6.45, 7) is 7.09. The molecule has 0 spiro atoms. The maximum absolute atomic E-state index is 11.6. The maximum atomic E-state index is 11.6. The molecule has 0 fully saturated rings. The first-order valence-corrected chi connectivity index (χ1v) is 4.84. The first-order chi connectivity index (χ1) is 7.91. The molecule has 0 bridgehead atoms. The Kier molecular flexibility index (Phi) is 2.31. The second-order valence-electron chi connectivity index (χ2n) is 3.70. The summed E-state index contributed by atoms with van der Waals surface area (Å²) in [5, 5.41) is 9.89. The van der Waals surface area contributed by atoms with Crippen LogP contribution >= 0.6 is 0 Å². The van der Waals surface area contributed by atoms with Gasteiger partial charge in [0.2, 0.25) is 11.8 Å². The van der Waals surface area contributed by atoms with Gasteiger partial charge in [-0.25, -0.2) is 4.98 Å². The number of hydrogen-bond acceptors (Lipinski definition) is 6. The predicted octanol–water partition coefficient (Wildman–Crippen LogP) is 0.299. The first-order valence-electron chi connectivity index (χ1n) is 4.84. The quantitative estimate of drug-likeness (QED) is 0.686. The van der Waals surface area contributed by atoms with Crippen LogP contribution in [-0.2, 0) is 0 Å².